The van der Waals surface area contributed by atoms with E-state index >= 15 is 0 Å². The molecule has 0 atom stereocenters. The van der Waals surface area contributed by atoms with Crippen molar-refractivity contribution in [1.82, 2.24) is 0 Å². The molecule has 2 rings (SSSR count). The predicted octanol–water partition coefficient (Wildman–Crippen LogP) is 4.35. The summed E-state index contributed by atoms with van der Waals surface area (Å²) in [7, 11) is 0. The van der Waals surface area contributed by atoms with E-state index in [9.17, 15) is 4.79 Å². The summed E-state index contributed by atoms with van der Waals surface area (Å²) in [5.41, 5.74) is 4.86. The second-order valence-corrected chi connectivity index (χ2v) is 5.81. The fourth-order valence-corrected chi connectivity index (χ4v) is 1.57. The van der Waals surface area contributed by atoms with E-state index in [-0.39, 0.29) is 5.97 Å². The molecular formula is C17H20N2O2. The van der Waals surface area contributed by atoms with Gasteiger partial charge in [-0.3, -0.25) is 0 Å². The molecule has 0 spiro atoms. The van der Waals surface area contributed by atoms with Gasteiger partial charge in [0.2, 0.25) is 0 Å². The minimum Gasteiger partial charge on any atom is -0.356 e. The van der Waals surface area contributed by atoms with Crippen LogP contribution in [0.1, 0.15) is 20.8 Å². The number of hydrogen-bond acceptors (Lipinski definition) is 4. The smallest absolute Gasteiger partial charge is 0.337 e. The summed E-state index contributed by atoms with van der Waals surface area (Å²) >= 11 is 0. The molecule has 0 amide bonds. The summed E-state index contributed by atoms with van der Waals surface area (Å²) in [5, 5.41) is 3.28. The van der Waals surface area contributed by atoms with Gasteiger partial charge in [-0.15, -0.1) is 0 Å². The maximum atomic E-state index is 11.6. The normalized spacial score (nSPS) is 10.8. The molecule has 0 radical (unpaired) electrons. The maximum absolute atomic E-state index is 11.6. The van der Waals surface area contributed by atoms with Gasteiger partial charge in [-0.1, -0.05) is 18.2 Å². The Morgan fingerprint density at radius 2 is 1.38 bits per heavy atom. The quantitative estimate of drug-likeness (QED) is 0.820. The van der Waals surface area contributed by atoms with Crippen LogP contribution >= 0.6 is 0 Å². The second kappa shape index (κ2) is 6.31. The van der Waals surface area contributed by atoms with Gasteiger partial charge in [0.1, 0.15) is 0 Å². The number of para-hydroxylation sites is 1. The molecule has 0 aliphatic rings. The van der Waals surface area contributed by atoms with Gasteiger partial charge < -0.3 is 10.2 Å². The van der Waals surface area contributed by atoms with Crippen molar-refractivity contribution in [2.45, 2.75) is 20.8 Å². The molecule has 0 aliphatic carbocycles. The molecule has 110 valence electrons. The third-order valence-corrected chi connectivity index (χ3v) is 2.82. The number of hydrogen-bond donors (Lipinski definition) is 2. The zero-order valence-electron chi connectivity index (χ0n) is 12.5. The summed E-state index contributed by atoms with van der Waals surface area (Å²) < 4.78 is 0. The van der Waals surface area contributed by atoms with Crippen LogP contribution in [0.25, 0.3) is 0 Å². The van der Waals surface area contributed by atoms with Gasteiger partial charge in [0, 0.05) is 11.4 Å². The third kappa shape index (κ3) is 4.53. The molecule has 0 unspecified atom stereocenters. The number of carbonyl (C=O) groups is 1. The van der Waals surface area contributed by atoms with E-state index in [1.165, 1.54) is 0 Å². The fraction of sp³-hybridized carbons (Fsp3) is 0.235. The van der Waals surface area contributed by atoms with Gasteiger partial charge in [0.25, 0.3) is 0 Å². The summed E-state index contributed by atoms with van der Waals surface area (Å²) in [4.78, 5) is 16.7. The Bertz CT molecular complexity index is 586. The first-order chi connectivity index (χ1) is 9.95. The van der Waals surface area contributed by atoms with Crippen LogP contribution in [0, 0.1) is 5.41 Å². The summed E-state index contributed by atoms with van der Waals surface area (Å²) in [6, 6.07) is 17.5. The van der Waals surface area contributed by atoms with Gasteiger partial charge >= 0.3 is 5.97 Å². The topological polar surface area (TPSA) is 50.4 Å². The molecular weight excluding hydrogens is 264 g/mol. The van der Waals surface area contributed by atoms with Crippen LogP contribution in [-0.2, 0) is 9.63 Å². The molecule has 21 heavy (non-hydrogen) atoms. The maximum Gasteiger partial charge on any atom is 0.337 e. The first-order valence-corrected chi connectivity index (χ1v) is 6.84. The van der Waals surface area contributed by atoms with Crippen LogP contribution in [-0.4, -0.2) is 5.97 Å². The SMILES string of the molecule is CC(C)(C)C(=O)ONc1ccc(Nc2ccccc2)cc1. The van der Waals surface area contributed by atoms with Crippen LogP contribution in [0.2, 0.25) is 0 Å². The van der Waals surface area contributed by atoms with Gasteiger partial charge in [-0.25, -0.2) is 10.3 Å². The molecule has 0 saturated carbocycles. The Hall–Kier alpha value is -2.49. The van der Waals surface area contributed by atoms with Gasteiger partial charge in [0.05, 0.1) is 11.1 Å². The predicted molar refractivity (Wildman–Crippen MR) is 85.3 cm³/mol. The van der Waals surface area contributed by atoms with Gasteiger partial charge in [-0.2, -0.15) is 0 Å². The van der Waals surface area contributed by atoms with Gasteiger partial charge in [0.15, 0.2) is 0 Å². The van der Waals surface area contributed by atoms with Crippen molar-refractivity contribution in [3.8, 4) is 0 Å². The average molecular weight is 284 g/mol. The highest BCUT2D eigenvalue weighted by Gasteiger charge is 2.23. The third-order valence-electron chi connectivity index (χ3n) is 2.82. The standard InChI is InChI=1S/C17H20N2O2/c1-17(2,3)16(20)21-19-15-11-9-14(10-12-15)18-13-7-5-4-6-8-13/h4-12,18-19H,1-3H3. The molecule has 4 heteroatoms. The minimum absolute atomic E-state index is 0.297. The summed E-state index contributed by atoms with van der Waals surface area (Å²) in [6.07, 6.45) is 0. The molecule has 2 aromatic rings. The number of rotatable bonds is 4. The zero-order valence-corrected chi connectivity index (χ0v) is 12.5. The van der Waals surface area contributed by atoms with Crippen molar-refractivity contribution in [2.75, 3.05) is 10.8 Å². The van der Waals surface area contributed by atoms with E-state index in [0.29, 0.717) is 0 Å². The molecule has 2 N–H and O–H groups in total. The van der Waals surface area contributed by atoms with E-state index < -0.39 is 5.41 Å². The fourth-order valence-electron chi connectivity index (χ4n) is 1.57. The monoisotopic (exact) mass is 284 g/mol. The lowest BCUT2D eigenvalue weighted by molar-refractivity contribution is -0.149. The molecule has 4 nitrogen and oxygen atoms in total. The Labute approximate surface area is 125 Å². The van der Waals surface area contributed by atoms with Crippen molar-refractivity contribution in [3.05, 3.63) is 54.6 Å². The van der Waals surface area contributed by atoms with Crippen LogP contribution < -0.4 is 10.8 Å². The zero-order chi connectivity index (χ0) is 15.3. The lowest BCUT2D eigenvalue weighted by Gasteiger charge is -2.16. The van der Waals surface area contributed by atoms with Crippen molar-refractivity contribution < 1.29 is 9.63 Å². The molecule has 0 aromatic heterocycles. The van der Waals surface area contributed by atoms with E-state index in [1.54, 1.807) is 0 Å². The van der Waals surface area contributed by atoms with Crippen LogP contribution in [0.15, 0.2) is 54.6 Å². The minimum atomic E-state index is -0.526. The lowest BCUT2D eigenvalue weighted by Crippen LogP contribution is -2.25. The number of carbonyl (C=O) groups excluding carboxylic acids is 1. The first-order valence-electron chi connectivity index (χ1n) is 6.84. The van der Waals surface area contributed by atoms with E-state index in [1.807, 2.05) is 75.4 Å². The Balaban J connectivity index is 1.92. The molecule has 0 bridgehead atoms. The van der Waals surface area contributed by atoms with Crippen LogP contribution in [0.4, 0.5) is 17.1 Å². The van der Waals surface area contributed by atoms with Gasteiger partial charge in [-0.05, 0) is 57.2 Å². The number of nitrogens with one attached hydrogen (secondary N) is 2. The molecule has 2 aromatic carbocycles. The highest BCUT2D eigenvalue weighted by Crippen LogP contribution is 2.20. The summed E-state index contributed by atoms with van der Waals surface area (Å²) in [6.45, 7) is 5.43. The number of anilines is 3. The summed E-state index contributed by atoms with van der Waals surface area (Å²) in [5.74, 6) is -0.297. The Kier molecular flexibility index (Phi) is 4.48. The highest BCUT2D eigenvalue weighted by molar-refractivity contribution is 5.76. The van der Waals surface area contributed by atoms with Crippen molar-refractivity contribution in [1.29, 1.82) is 0 Å². The Morgan fingerprint density at radius 3 is 1.95 bits per heavy atom. The first kappa shape index (κ1) is 14.9. The van der Waals surface area contributed by atoms with Crippen molar-refractivity contribution in [2.24, 2.45) is 5.41 Å². The van der Waals surface area contributed by atoms with Crippen molar-refractivity contribution >= 4 is 23.0 Å². The highest BCUT2D eigenvalue weighted by atomic mass is 16.7. The Morgan fingerprint density at radius 1 is 0.857 bits per heavy atom. The van der Waals surface area contributed by atoms with Crippen LogP contribution in [0.5, 0.6) is 0 Å². The van der Waals surface area contributed by atoms with E-state index in [2.05, 4.69) is 10.8 Å². The molecule has 0 aliphatic heterocycles. The molecule has 0 fully saturated rings. The van der Waals surface area contributed by atoms with E-state index in [4.69, 9.17) is 4.84 Å². The second-order valence-electron chi connectivity index (χ2n) is 5.81. The number of benzene rings is 2. The molecule has 0 saturated heterocycles. The largest absolute Gasteiger partial charge is 0.356 e. The molecule has 0 heterocycles. The van der Waals surface area contributed by atoms with Crippen LogP contribution in [0.3, 0.4) is 0 Å². The van der Waals surface area contributed by atoms with E-state index in [0.717, 1.165) is 17.1 Å². The lowest BCUT2D eigenvalue weighted by atomic mass is 9.98. The van der Waals surface area contributed by atoms with Crippen molar-refractivity contribution in [3.63, 3.8) is 0 Å². The average Bonchev–Trinajstić information content (AvgIpc) is 2.46.